The molecule has 54 heavy (non-hydrogen) atoms. The molecule has 3 aliphatic rings. The summed E-state index contributed by atoms with van der Waals surface area (Å²) in [6.45, 7) is 2.35. The molecule has 1 saturated heterocycles. The Labute approximate surface area is 308 Å². The molecule has 0 unspecified atom stereocenters. The number of hydrogen-bond acceptors (Lipinski definition) is 8. The zero-order valence-electron chi connectivity index (χ0n) is 29.5. The highest BCUT2D eigenvalue weighted by Crippen LogP contribution is 2.49. The quantitative estimate of drug-likeness (QED) is 0.211. The summed E-state index contributed by atoms with van der Waals surface area (Å²) in [5, 5.41) is 17.9. The maximum Gasteiger partial charge on any atom is 0.270 e. The molecule has 2 fully saturated rings. The van der Waals surface area contributed by atoms with Gasteiger partial charge < -0.3 is 24.4 Å². The fraction of sp³-hybridized carbons (Fsp3) is 0.333. The van der Waals surface area contributed by atoms with Crippen molar-refractivity contribution in [1.82, 2.24) is 34.8 Å². The topological polar surface area (TPSA) is 136 Å². The number of benzene rings is 2. The van der Waals surface area contributed by atoms with Gasteiger partial charge in [-0.25, -0.2) is 18.2 Å². The van der Waals surface area contributed by atoms with Gasteiger partial charge in [0.05, 0.1) is 43.0 Å². The lowest BCUT2D eigenvalue weighted by Crippen LogP contribution is -2.49. The predicted octanol–water partition coefficient (Wildman–Crippen LogP) is 5.47. The number of rotatable bonds is 9. The van der Waals surface area contributed by atoms with E-state index in [0.717, 1.165) is 6.20 Å². The minimum absolute atomic E-state index is 0.0338. The highest BCUT2D eigenvalue weighted by atomic mass is 19.1. The second-order valence-corrected chi connectivity index (χ2v) is 13.9. The fourth-order valence-corrected chi connectivity index (χ4v) is 7.42. The first kappa shape index (κ1) is 34.9. The molecule has 3 aromatic heterocycles. The number of carbonyl (C=O) groups is 2. The highest BCUT2D eigenvalue weighted by Gasteiger charge is 2.45. The van der Waals surface area contributed by atoms with Gasteiger partial charge >= 0.3 is 0 Å². The molecule has 0 radical (unpaired) electrons. The predicted molar refractivity (Wildman–Crippen MR) is 193 cm³/mol. The number of anilines is 1. The van der Waals surface area contributed by atoms with Crippen LogP contribution in [-0.4, -0.2) is 93.0 Å². The number of hydrogen-bond donors (Lipinski definition) is 1. The molecule has 2 aliphatic heterocycles. The van der Waals surface area contributed by atoms with E-state index in [9.17, 15) is 19.2 Å². The van der Waals surface area contributed by atoms with E-state index >= 15 is 8.78 Å². The first-order valence-electron chi connectivity index (χ1n) is 17.8. The Morgan fingerprint density at radius 1 is 1.00 bits per heavy atom. The van der Waals surface area contributed by atoms with Crippen molar-refractivity contribution in [1.29, 1.82) is 5.26 Å². The Bertz CT molecular complexity index is 2340. The molecule has 5 aromatic rings. The molecule has 0 atom stereocenters. The van der Waals surface area contributed by atoms with Crippen molar-refractivity contribution in [2.24, 2.45) is 0 Å². The molecule has 1 aliphatic carbocycles. The zero-order valence-corrected chi connectivity index (χ0v) is 29.5. The van der Waals surface area contributed by atoms with Gasteiger partial charge in [-0.1, -0.05) is 17.4 Å². The van der Waals surface area contributed by atoms with Crippen LogP contribution in [0.2, 0.25) is 0 Å². The minimum Gasteiger partial charge on any atom is -0.493 e. The van der Waals surface area contributed by atoms with Crippen LogP contribution < -0.4 is 9.64 Å². The molecular formula is C39H36F3N9O3. The summed E-state index contributed by atoms with van der Waals surface area (Å²) in [6.07, 6.45) is 8.21. The number of ether oxygens (including phenoxy) is 1. The average molecular weight is 736 g/mol. The molecule has 12 nitrogen and oxygen atoms in total. The number of aromatic nitrogens is 5. The van der Waals surface area contributed by atoms with Crippen molar-refractivity contribution in [2.45, 2.75) is 37.6 Å². The number of carbonyl (C=O) groups excluding carboxylic acids is 2. The van der Waals surface area contributed by atoms with Gasteiger partial charge in [0.2, 0.25) is 5.91 Å². The van der Waals surface area contributed by atoms with Crippen molar-refractivity contribution in [2.75, 3.05) is 51.3 Å². The van der Waals surface area contributed by atoms with E-state index in [1.165, 1.54) is 25.4 Å². The van der Waals surface area contributed by atoms with Crippen LogP contribution in [-0.2, 0) is 16.8 Å². The van der Waals surface area contributed by atoms with Crippen LogP contribution in [0.5, 0.6) is 5.75 Å². The third-order valence-electron chi connectivity index (χ3n) is 10.6. The van der Waals surface area contributed by atoms with Crippen molar-refractivity contribution in [3.05, 3.63) is 95.3 Å². The van der Waals surface area contributed by atoms with E-state index < -0.39 is 22.9 Å². The third-order valence-corrected chi connectivity index (χ3v) is 10.6. The Kier molecular flexibility index (Phi) is 9.04. The molecule has 2 amide bonds. The van der Waals surface area contributed by atoms with E-state index in [2.05, 4.69) is 26.3 Å². The number of nitriles is 1. The van der Waals surface area contributed by atoms with E-state index in [1.54, 1.807) is 44.9 Å². The van der Waals surface area contributed by atoms with Crippen LogP contribution in [0.15, 0.2) is 61.1 Å². The van der Waals surface area contributed by atoms with Gasteiger partial charge in [0, 0.05) is 74.5 Å². The molecule has 5 heterocycles. The van der Waals surface area contributed by atoms with Crippen molar-refractivity contribution < 1.29 is 27.5 Å². The van der Waals surface area contributed by atoms with E-state index in [1.807, 2.05) is 11.0 Å². The molecular weight excluding hydrogens is 699 g/mol. The Morgan fingerprint density at radius 2 is 1.81 bits per heavy atom. The number of methoxy groups -OCH3 is 1. The van der Waals surface area contributed by atoms with E-state index in [4.69, 9.17) is 4.74 Å². The van der Waals surface area contributed by atoms with E-state index in [-0.39, 0.29) is 52.9 Å². The smallest absolute Gasteiger partial charge is 0.270 e. The Hall–Kier alpha value is -6.17. The standard InChI is InChI=1S/C39H36F3N9O3/c1-54-33-18-26(40)21-44-37(33)48-13-15-49(16-14-48)38(53)32-20-30-28(29-17-25(4-5-31(29)41)39(23-43)7-8-39)19-27(35(42)36(30)46-32)24-3-2-10-50(22-24)34(52)6-11-51-12-9-45-47-51/h3-5,9,12,17-21,46H,2,6-8,10-11,13-16,22H2,1H3. The van der Waals surface area contributed by atoms with Gasteiger partial charge in [0.25, 0.3) is 5.91 Å². The summed E-state index contributed by atoms with van der Waals surface area (Å²) in [6, 6.07) is 11.4. The second kappa shape index (κ2) is 14.0. The van der Waals surface area contributed by atoms with E-state index in [0.29, 0.717) is 86.4 Å². The number of piperazine rings is 1. The van der Waals surface area contributed by atoms with Crippen molar-refractivity contribution >= 4 is 34.1 Å². The first-order valence-corrected chi connectivity index (χ1v) is 17.8. The van der Waals surface area contributed by atoms with Crippen LogP contribution in [0.1, 0.15) is 47.3 Å². The molecule has 0 bridgehead atoms. The second-order valence-electron chi connectivity index (χ2n) is 13.9. The monoisotopic (exact) mass is 735 g/mol. The number of aryl methyl sites for hydroxylation is 1. The van der Waals surface area contributed by atoms with Gasteiger partial charge in [-0.05, 0) is 60.2 Å². The average Bonchev–Trinajstić information content (AvgIpc) is 3.57. The maximum absolute atomic E-state index is 16.8. The van der Waals surface area contributed by atoms with Gasteiger partial charge in [0.1, 0.15) is 17.3 Å². The SMILES string of the molecule is COc1cc(F)cnc1N1CCN(C(=O)c2cc3c(-c4cc(C5(C#N)CC5)ccc4F)cc(C4=CCCN(C(=O)CCn5ccnn5)C4)c(F)c3[nH]2)CC1. The van der Waals surface area contributed by atoms with Gasteiger partial charge in [-0.3, -0.25) is 14.3 Å². The number of amides is 2. The summed E-state index contributed by atoms with van der Waals surface area (Å²) in [5.41, 5.74) is 1.44. The molecule has 15 heteroatoms. The van der Waals surface area contributed by atoms with Gasteiger partial charge in [-0.2, -0.15) is 5.26 Å². The van der Waals surface area contributed by atoms with Crippen LogP contribution >= 0.6 is 0 Å². The van der Waals surface area contributed by atoms with Crippen molar-refractivity contribution in [3.63, 3.8) is 0 Å². The number of pyridine rings is 1. The van der Waals surface area contributed by atoms with Crippen molar-refractivity contribution in [3.8, 4) is 22.9 Å². The van der Waals surface area contributed by atoms with Crippen LogP contribution in [0.3, 0.4) is 0 Å². The zero-order chi connectivity index (χ0) is 37.6. The third kappa shape index (κ3) is 6.41. The summed E-state index contributed by atoms with van der Waals surface area (Å²) >= 11 is 0. The van der Waals surface area contributed by atoms with Crippen LogP contribution in [0.4, 0.5) is 19.0 Å². The molecule has 276 valence electrons. The summed E-state index contributed by atoms with van der Waals surface area (Å²) in [4.78, 5) is 39.6. The summed E-state index contributed by atoms with van der Waals surface area (Å²) in [5.74, 6) is -1.43. The van der Waals surface area contributed by atoms with Crippen LogP contribution in [0, 0.1) is 28.8 Å². The van der Waals surface area contributed by atoms with Gasteiger partial charge in [-0.15, -0.1) is 5.10 Å². The number of fused-ring (bicyclic) bond motifs is 1. The molecule has 0 spiro atoms. The summed E-state index contributed by atoms with van der Waals surface area (Å²) in [7, 11) is 1.44. The lowest BCUT2D eigenvalue weighted by atomic mass is 9.90. The molecule has 1 N–H and O–H groups in total. The lowest BCUT2D eigenvalue weighted by Gasteiger charge is -2.35. The first-order chi connectivity index (χ1) is 26.2. The normalized spacial score (nSPS) is 16.6. The summed E-state index contributed by atoms with van der Waals surface area (Å²) < 4.78 is 53.3. The largest absolute Gasteiger partial charge is 0.493 e. The number of H-pyrrole nitrogens is 1. The molecule has 2 aromatic carbocycles. The number of nitrogens with one attached hydrogen (secondary N) is 1. The number of aromatic amines is 1. The number of nitrogens with zero attached hydrogens (tertiary/aromatic N) is 8. The Morgan fingerprint density at radius 3 is 2.54 bits per heavy atom. The van der Waals surface area contributed by atoms with Gasteiger partial charge in [0.15, 0.2) is 17.4 Å². The highest BCUT2D eigenvalue weighted by molar-refractivity contribution is 6.05. The van der Waals surface area contributed by atoms with Crippen LogP contribution in [0.25, 0.3) is 27.6 Å². The Balaban J connectivity index is 1.13. The maximum atomic E-state index is 16.8. The molecule has 1 saturated carbocycles. The fourth-order valence-electron chi connectivity index (χ4n) is 7.42. The lowest BCUT2D eigenvalue weighted by molar-refractivity contribution is -0.131. The minimum atomic E-state index is -0.696. The number of halogens is 3. The molecule has 8 rings (SSSR count).